The number of aromatic amines is 1. The molecule has 0 spiro atoms. The molecule has 4 heterocycles. The second-order valence-electron chi connectivity index (χ2n) is 8.03. The van der Waals surface area contributed by atoms with Gasteiger partial charge in [0.1, 0.15) is 11.9 Å². The van der Waals surface area contributed by atoms with Gasteiger partial charge in [-0.2, -0.15) is 0 Å². The Bertz CT molecular complexity index is 1250. The van der Waals surface area contributed by atoms with Gasteiger partial charge < -0.3 is 19.2 Å². The number of aromatic nitrogens is 3. The lowest BCUT2D eigenvalue weighted by Gasteiger charge is -2.25. The van der Waals surface area contributed by atoms with Crippen molar-refractivity contribution >= 4 is 16.9 Å². The number of carbonyl (C=O) groups excluding carboxylic acids is 1. The molecule has 3 aromatic heterocycles. The van der Waals surface area contributed by atoms with E-state index in [9.17, 15) is 4.79 Å². The number of amides is 1. The number of rotatable bonds is 3. The summed E-state index contributed by atoms with van der Waals surface area (Å²) >= 11 is 0. The van der Waals surface area contributed by atoms with Gasteiger partial charge in [-0.1, -0.05) is 12.1 Å². The Labute approximate surface area is 174 Å². The quantitative estimate of drug-likeness (QED) is 0.568. The first kappa shape index (κ1) is 18.6. The molecule has 1 amide bonds. The van der Waals surface area contributed by atoms with Crippen molar-refractivity contribution in [2.24, 2.45) is 0 Å². The van der Waals surface area contributed by atoms with Gasteiger partial charge in [0.25, 0.3) is 5.91 Å². The van der Waals surface area contributed by atoms with Crippen LogP contribution in [0.4, 0.5) is 0 Å². The molecule has 1 N–H and O–H groups in total. The standard InChI is InChI=1S/C23H23N5O2/c1-27(2)23(29)20-13-30-22(26-20)19-11-25-21-18(19)9-16(10-24-21)15-5-4-14-6-7-28(3)12-17(14)8-15/h4-5,8-11,13H,6-7,12H2,1-3H3,(H,24,25). The third-order valence-electron chi connectivity index (χ3n) is 5.63. The molecule has 0 bridgehead atoms. The molecule has 0 atom stereocenters. The van der Waals surface area contributed by atoms with Gasteiger partial charge in [0.05, 0.1) is 5.56 Å². The number of likely N-dealkylation sites (N-methyl/N-ethyl adjacent to an activating group) is 1. The van der Waals surface area contributed by atoms with Crippen molar-refractivity contribution in [2.75, 3.05) is 27.7 Å². The van der Waals surface area contributed by atoms with E-state index in [-0.39, 0.29) is 11.6 Å². The highest BCUT2D eigenvalue weighted by Gasteiger charge is 2.19. The van der Waals surface area contributed by atoms with Crippen LogP contribution < -0.4 is 0 Å². The maximum absolute atomic E-state index is 12.2. The largest absolute Gasteiger partial charge is 0.444 e. The van der Waals surface area contributed by atoms with Crippen LogP contribution in [0.15, 0.2) is 47.3 Å². The zero-order chi connectivity index (χ0) is 20.8. The number of pyridine rings is 1. The number of nitrogens with one attached hydrogen (secondary N) is 1. The van der Waals surface area contributed by atoms with E-state index < -0.39 is 0 Å². The number of nitrogens with zero attached hydrogens (tertiary/aromatic N) is 4. The Hall–Kier alpha value is -3.45. The smallest absolute Gasteiger partial charge is 0.275 e. The first-order valence-corrected chi connectivity index (χ1v) is 9.95. The highest BCUT2D eigenvalue weighted by molar-refractivity contribution is 5.95. The fraction of sp³-hybridized carbons (Fsp3) is 0.261. The van der Waals surface area contributed by atoms with Gasteiger partial charge in [0.15, 0.2) is 5.69 Å². The molecule has 7 nitrogen and oxygen atoms in total. The normalized spacial score (nSPS) is 14.1. The van der Waals surface area contributed by atoms with E-state index in [0.717, 1.165) is 47.2 Å². The topological polar surface area (TPSA) is 78.3 Å². The van der Waals surface area contributed by atoms with E-state index in [2.05, 4.69) is 51.2 Å². The minimum Gasteiger partial charge on any atom is -0.444 e. The Balaban J connectivity index is 1.54. The van der Waals surface area contributed by atoms with Crippen molar-refractivity contribution in [3.63, 3.8) is 0 Å². The van der Waals surface area contributed by atoms with Crippen molar-refractivity contribution in [1.82, 2.24) is 24.8 Å². The van der Waals surface area contributed by atoms with E-state index in [1.165, 1.54) is 22.3 Å². The van der Waals surface area contributed by atoms with Crippen molar-refractivity contribution in [1.29, 1.82) is 0 Å². The van der Waals surface area contributed by atoms with Crippen molar-refractivity contribution < 1.29 is 9.21 Å². The average molecular weight is 401 g/mol. The molecule has 30 heavy (non-hydrogen) atoms. The molecule has 0 aliphatic carbocycles. The minimum absolute atomic E-state index is 0.192. The van der Waals surface area contributed by atoms with Crippen LogP contribution >= 0.6 is 0 Å². The molecule has 1 aromatic carbocycles. The Morgan fingerprint density at radius 1 is 1.20 bits per heavy atom. The lowest BCUT2D eigenvalue weighted by Crippen LogP contribution is -2.26. The number of benzene rings is 1. The molecule has 152 valence electrons. The summed E-state index contributed by atoms with van der Waals surface area (Å²) in [5.41, 5.74) is 6.80. The molecular formula is C23H23N5O2. The van der Waals surface area contributed by atoms with Gasteiger partial charge in [-0.15, -0.1) is 0 Å². The summed E-state index contributed by atoms with van der Waals surface area (Å²) in [5, 5.41) is 0.910. The van der Waals surface area contributed by atoms with E-state index in [1.807, 2.05) is 12.4 Å². The fourth-order valence-corrected chi connectivity index (χ4v) is 3.94. The molecule has 0 saturated carbocycles. The molecule has 0 unspecified atom stereocenters. The summed E-state index contributed by atoms with van der Waals surface area (Å²) in [6.45, 7) is 2.06. The molecule has 0 saturated heterocycles. The number of fused-ring (bicyclic) bond motifs is 2. The number of H-pyrrole nitrogens is 1. The van der Waals surface area contributed by atoms with Gasteiger partial charge in [-0.25, -0.2) is 9.97 Å². The van der Waals surface area contributed by atoms with Crippen LogP contribution in [0.1, 0.15) is 21.6 Å². The molecule has 7 heteroatoms. The number of carbonyl (C=O) groups is 1. The van der Waals surface area contributed by atoms with Gasteiger partial charge in [-0.3, -0.25) is 4.79 Å². The van der Waals surface area contributed by atoms with Crippen molar-refractivity contribution in [3.8, 4) is 22.6 Å². The summed E-state index contributed by atoms with van der Waals surface area (Å²) in [4.78, 5) is 28.1. The summed E-state index contributed by atoms with van der Waals surface area (Å²) in [6.07, 6.45) is 6.18. The predicted octanol–water partition coefficient (Wildman–Crippen LogP) is 3.57. The Kier molecular flexibility index (Phi) is 4.40. The monoisotopic (exact) mass is 401 g/mol. The number of oxazole rings is 1. The third-order valence-corrected chi connectivity index (χ3v) is 5.63. The van der Waals surface area contributed by atoms with Gasteiger partial charge in [0, 0.05) is 50.5 Å². The first-order valence-electron chi connectivity index (χ1n) is 9.95. The predicted molar refractivity (Wildman–Crippen MR) is 115 cm³/mol. The highest BCUT2D eigenvalue weighted by atomic mass is 16.3. The lowest BCUT2D eigenvalue weighted by molar-refractivity contribution is 0.0822. The summed E-state index contributed by atoms with van der Waals surface area (Å²) in [5.74, 6) is 0.208. The summed E-state index contributed by atoms with van der Waals surface area (Å²) < 4.78 is 5.61. The molecule has 0 radical (unpaired) electrons. The second kappa shape index (κ2) is 7.11. The molecule has 4 aromatic rings. The van der Waals surface area contributed by atoms with E-state index in [1.54, 1.807) is 14.1 Å². The van der Waals surface area contributed by atoms with Crippen LogP contribution in [0.3, 0.4) is 0 Å². The van der Waals surface area contributed by atoms with E-state index in [4.69, 9.17) is 4.42 Å². The average Bonchev–Trinajstić information content (AvgIpc) is 3.39. The van der Waals surface area contributed by atoms with Gasteiger partial charge >= 0.3 is 0 Å². The van der Waals surface area contributed by atoms with Crippen LogP contribution in [0, 0.1) is 0 Å². The zero-order valence-corrected chi connectivity index (χ0v) is 17.3. The van der Waals surface area contributed by atoms with Crippen molar-refractivity contribution in [3.05, 3.63) is 59.7 Å². The van der Waals surface area contributed by atoms with Crippen LogP contribution in [-0.4, -0.2) is 58.3 Å². The maximum atomic E-state index is 12.2. The summed E-state index contributed by atoms with van der Waals surface area (Å²) in [7, 11) is 5.53. The highest BCUT2D eigenvalue weighted by Crippen LogP contribution is 2.32. The zero-order valence-electron chi connectivity index (χ0n) is 17.3. The van der Waals surface area contributed by atoms with Crippen LogP contribution in [0.5, 0.6) is 0 Å². The fourth-order valence-electron chi connectivity index (χ4n) is 3.94. The summed E-state index contributed by atoms with van der Waals surface area (Å²) in [6, 6.07) is 8.75. The van der Waals surface area contributed by atoms with Gasteiger partial charge in [0.2, 0.25) is 5.89 Å². The first-order chi connectivity index (χ1) is 14.5. The van der Waals surface area contributed by atoms with Crippen LogP contribution in [0.2, 0.25) is 0 Å². The maximum Gasteiger partial charge on any atom is 0.275 e. The van der Waals surface area contributed by atoms with Gasteiger partial charge in [-0.05, 0) is 42.3 Å². The molecule has 1 aliphatic rings. The Morgan fingerprint density at radius 2 is 2.07 bits per heavy atom. The minimum atomic E-state index is -0.192. The lowest BCUT2D eigenvalue weighted by atomic mass is 9.95. The number of hydrogen-bond donors (Lipinski definition) is 1. The molecule has 1 aliphatic heterocycles. The SMILES string of the molecule is CN1CCc2ccc(-c3cnc4[nH]cc(-c5nc(C(=O)N(C)C)co5)c4c3)cc2C1. The molecular weight excluding hydrogens is 378 g/mol. The molecule has 5 rings (SSSR count). The number of hydrogen-bond acceptors (Lipinski definition) is 5. The third kappa shape index (κ3) is 3.17. The van der Waals surface area contributed by atoms with Crippen molar-refractivity contribution in [2.45, 2.75) is 13.0 Å². The van der Waals surface area contributed by atoms with Crippen LogP contribution in [-0.2, 0) is 13.0 Å². The van der Waals surface area contributed by atoms with E-state index in [0.29, 0.717) is 5.89 Å². The second-order valence-corrected chi connectivity index (χ2v) is 8.03. The Morgan fingerprint density at radius 3 is 2.90 bits per heavy atom. The van der Waals surface area contributed by atoms with E-state index >= 15 is 0 Å². The molecule has 0 fully saturated rings. The van der Waals surface area contributed by atoms with Crippen LogP contribution in [0.25, 0.3) is 33.6 Å².